The average molecular weight is 374 g/mol. The zero-order valence-electron chi connectivity index (χ0n) is 13.1. The fraction of sp³-hybridized carbons (Fsp3) is 0.294. The Hall–Kier alpha value is -1.34. The third-order valence-corrected chi connectivity index (χ3v) is 4.19. The van der Waals surface area contributed by atoms with E-state index in [1.165, 1.54) is 42.4 Å². The van der Waals surface area contributed by atoms with E-state index in [-0.39, 0.29) is 10.8 Å². The summed E-state index contributed by atoms with van der Waals surface area (Å²) in [5, 5.41) is 3.14. The van der Waals surface area contributed by atoms with Crippen LogP contribution in [-0.4, -0.2) is 26.0 Å². The molecule has 0 heterocycles. The Kier molecular flexibility index (Phi) is 7.78. The van der Waals surface area contributed by atoms with Crippen molar-refractivity contribution in [3.63, 3.8) is 0 Å². The van der Waals surface area contributed by atoms with Crippen molar-refractivity contribution < 1.29 is 17.7 Å². The zero-order valence-corrected chi connectivity index (χ0v) is 14.7. The van der Waals surface area contributed by atoms with Gasteiger partial charge in [0.25, 0.3) is 0 Å². The van der Waals surface area contributed by atoms with Gasteiger partial charge in [0.2, 0.25) is 0 Å². The molecule has 130 valence electrons. The normalized spacial score (nSPS) is 12.2. The van der Waals surface area contributed by atoms with E-state index in [0.29, 0.717) is 23.7 Å². The third-order valence-electron chi connectivity index (χ3n) is 3.12. The molecule has 0 unspecified atom stereocenters. The minimum Gasteiger partial charge on any atom is -0.483 e. The first kappa shape index (κ1) is 19.0. The Balaban J connectivity index is 2.09. The molecule has 0 fully saturated rings. The molecule has 0 aliphatic rings. The second-order valence-corrected chi connectivity index (χ2v) is 6.16. The van der Waals surface area contributed by atoms with Crippen LogP contribution in [0.15, 0.2) is 42.5 Å². The summed E-state index contributed by atoms with van der Waals surface area (Å²) >= 11 is 7.24. The van der Waals surface area contributed by atoms with E-state index in [4.69, 9.17) is 20.5 Å². The molecular formula is C17H18ClF2NO2S. The molecule has 2 rings (SSSR count). The molecule has 1 N–H and O–H groups in total. The Labute approximate surface area is 149 Å². The Bertz CT molecular complexity index is 660. The first-order chi connectivity index (χ1) is 11.6. The van der Waals surface area contributed by atoms with E-state index in [2.05, 4.69) is 5.32 Å². The number of nitrogens with one attached hydrogen (secondary N) is 1. The highest BCUT2D eigenvalue weighted by atomic mass is 35.5. The summed E-state index contributed by atoms with van der Waals surface area (Å²) in [6, 6.07) is 10.0. The van der Waals surface area contributed by atoms with Crippen molar-refractivity contribution in [1.82, 2.24) is 5.32 Å². The van der Waals surface area contributed by atoms with Gasteiger partial charge in [-0.15, -0.1) is 0 Å². The molecule has 3 nitrogen and oxygen atoms in total. The molecular weight excluding hydrogens is 356 g/mol. The van der Waals surface area contributed by atoms with Gasteiger partial charge in [-0.05, 0) is 55.0 Å². The van der Waals surface area contributed by atoms with Crippen molar-refractivity contribution >= 4 is 23.6 Å². The van der Waals surface area contributed by atoms with Gasteiger partial charge in [0.15, 0.2) is 0 Å². The Morgan fingerprint density at radius 1 is 1.17 bits per heavy atom. The summed E-state index contributed by atoms with van der Waals surface area (Å²) in [4.78, 5) is 0. The molecule has 2 aromatic carbocycles. The van der Waals surface area contributed by atoms with E-state index >= 15 is 0 Å². The van der Waals surface area contributed by atoms with Crippen molar-refractivity contribution in [1.29, 1.82) is 0 Å². The average Bonchev–Trinajstić information content (AvgIpc) is 2.55. The fourth-order valence-corrected chi connectivity index (χ4v) is 2.84. The maximum Gasteiger partial charge on any atom is 0.139 e. The second kappa shape index (κ2) is 9.84. The zero-order chi connectivity index (χ0) is 17.4. The molecule has 0 aliphatic heterocycles. The highest BCUT2D eigenvalue weighted by Gasteiger charge is 2.17. The van der Waals surface area contributed by atoms with Crippen LogP contribution in [0.2, 0.25) is 5.02 Å². The number of rotatable bonds is 9. The molecule has 0 saturated carbocycles. The van der Waals surface area contributed by atoms with E-state index in [0.717, 1.165) is 6.54 Å². The van der Waals surface area contributed by atoms with Crippen LogP contribution in [0.3, 0.4) is 0 Å². The van der Waals surface area contributed by atoms with Gasteiger partial charge in [0.05, 0.1) is 17.4 Å². The summed E-state index contributed by atoms with van der Waals surface area (Å²) in [6.45, 7) is 1.26. The molecule has 0 aromatic heterocycles. The van der Waals surface area contributed by atoms with Gasteiger partial charge in [-0.25, -0.2) is 8.78 Å². The van der Waals surface area contributed by atoms with Gasteiger partial charge < -0.3 is 14.2 Å². The molecule has 7 heteroatoms. The molecule has 0 amide bonds. The van der Waals surface area contributed by atoms with Crippen LogP contribution in [0.5, 0.6) is 5.75 Å². The number of likely N-dealkylation sites (N-methyl/N-ethyl adjacent to an activating group) is 1. The van der Waals surface area contributed by atoms with Gasteiger partial charge in [0, 0.05) is 6.54 Å². The second-order valence-electron chi connectivity index (χ2n) is 4.95. The van der Waals surface area contributed by atoms with Crippen LogP contribution in [0.4, 0.5) is 8.78 Å². The molecule has 0 bridgehead atoms. The van der Waals surface area contributed by atoms with Crippen LogP contribution in [0, 0.1) is 11.6 Å². The summed E-state index contributed by atoms with van der Waals surface area (Å²) in [7, 11) is 1.84. The van der Waals surface area contributed by atoms with E-state index in [1.807, 2.05) is 7.05 Å². The van der Waals surface area contributed by atoms with Crippen LogP contribution < -0.4 is 10.1 Å². The van der Waals surface area contributed by atoms with Crippen molar-refractivity contribution in [3.8, 4) is 5.75 Å². The highest BCUT2D eigenvalue weighted by Crippen LogP contribution is 2.31. The van der Waals surface area contributed by atoms with Crippen molar-refractivity contribution in [2.24, 2.45) is 0 Å². The molecule has 0 spiro atoms. The number of halogens is 3. The summed E-state index contributed by atoms with van der Waals surface area (Å²) in [5.41, 5.74) is 0.653. The minimum atomic E-state index is -0.483. The lowest BCUT2D eigenvalue weighted by atomic mass is 10.1. The summed E-state index contributed by atoms with van der Waals surface area (Å²) in [5.74, 6) is -0.0316. The SMILES string of the molecule is CNCCOSC[C@@H](Oc1ccc(F)cc1Cl)c1cccc(F)c1. The lowest BCUT2D eigenvalue weighted by molar-refractivity contribution is 0.228. The quantitative estimate of drug-likeness (QED) is 0.513. The van der Waals surface area contributed by atoms with Crippen LogP contribution in [0.1, 0.15) is 11.7 Å². The molecule has 2 aromatic rings. The van der Waals surface area contributed by atoms with Gasteiger partial charge in [-0.2, -0.15) is 0 Å². The van der Waals surface area contributed by atoms with E-state index in [1.54, 1.807) is 12.1 Å². The van der Waals surface area contributed by atoms with Crippen LogP contribution >= 0.6 is 23.6 Å². The number of hydrogen-bond acceptors (Lipinski definition) is 4. The van der Waals surface area contributed by atoms with E-state index < -0.39 is 11.9 Å². The smallest absolute Gasteiger partial charge is 0.139 e. The van der Waals surface area contributed by atoms with Gasteiger partial charge in [-0.1, -0.05) is 23.7 Å². The first-order valence-corrected chi connectivity index (χ1v) is 8.65. The maximum atomic E-state index is 13.5. The predicted molar refractivity (Wildman–Crippen MR) is 93.5 cm³/mol. The Morgan fingerprint density at radius 2 is 1.96 bits per heavy atom. The highest BCUT2D eigenvalue weighted by molar-refractivity contribution is 7.94. The fourth-order valence-electron chi connectivity index (χ4n) is 1.94. The van der Waals surface area contributed by atoms with Gasteiger partial charge in [-0.3, -0.25) is 0 Å². The predicted octanol–water partition coefficient (Wildman–Crippen LogP) is 4.62. The molecule has 24 heavy (non-hydrogen) atoms. The Morgan fingerprint density at radius 3 is 2.67 bits per heavy atom. The monoisotopic (exact) mass is 373 g/mol. The summed E-state index contributed by atoms with van der Waals surface area (Å²) in [6.07, 6.45) is -0.483. The third kappa shape index (κ3) is 5.94. The number of hydrogen-bond donors (Lipinski definition) is 1. The number of benzene rings is 2. The molecule has 0 saturated heterocycles. The molecule has 1 atom stereocenters. The first-order valence-electron chi connectivity index (χ1n) is 7.36. The van der Waals surface area contributed by atoms with Crippen molar-refractivity contribution in [2.75, 3.05) is 26.0 Å². The van der Waals surface area contributed by atoms with Gasteiger partial charge in [0.1, 0.15) is 23.5 Å². The molecule has 0 aliphatic carbocycles. The van der Waals surface area contributed by atoms with E-state index in [9.17, 15) is 8.78 Å². The lowest BCUT2D eigenvalue weighted by Crippen LogP contribution is -2.14. The maximum absolute atomic E-state index is 13.5. The standard InChI is InChI=1S/C17H18ClF2NO2S/c1-21-7-8-22-24-11-17(12-3-2-4-13(19)9-12)23-16-6-5-14(20)10-15(16)18/h2-6,9-10,17,21H,7-8,11H2,1H3/t17-/m1/s1. The number of ether oxygens (including phenoxy) is 1. The summed E-state index contributed by atoms with van der Waals surface area (Å²) < 4.78 is 38.0. The van der Waals surface area contributed by atoms with Crippen molar-refractivity contribution in [3.05, 3.63) is 64.7 Å². The van der Waals surface area contributed by atoms with Gasteiger partial charge >= 0.3 is 0 Å². The van der Waals surface area contributed by atoms with Crippen LogP contribution in [-0.2, 0) is 4.18 Å². The minimum absolute atomic E-state index is 0.164. The van der Waals surface area contributed by atoms with Crippen molar-refractivity contribution in [2.45, 2.75) is 6.10 Å². The topological polar surface area (TPSA) is 30.5 Å². The molecule has 0 radical (unpaired) electrons. The lowest BCUT2D eigenvalue weighted by Gasteiger charge is -2.20. The largest absolute Gasteiger partial charge is 0.483 e. The van der Waals surface area contributed by atoms with Crippen LogP contribution in [0.25, 0.3) is 0 Å².